The van der Waals surface area contributed by atoms with E-state index in [0.717, 1.165) is 5.56 Å². The second-order valence-electron chi connectivity index (χ2n) is 5.53. The fourth-order valence-electron chi connectivity index (χ4n) is 2.30. The molecular formula is C18H17N3O4S2. The summed E-state index contributed by atoms with van der Waals surface area (Å²) in [4.78, 5) is 19.2. The molecule has 9 heteroatoms. The van der Waals surface area contributed by atoms with E-state index in [1.807, 2.05) is 30.3 Å². The van der Waals surface area contributed by atoms with Crippen LogP contribution in [0.3, 0.4) is 0 Å². The second-order valence-corrected chi connectivity index (χ2v) is 8.22. The number of thiazole rings is 1. The average Bonchev–Trinajstić information content (AvgIpc) is 3.09. The summed E-state index contributed by atoms with van der Waals surface area (Å²) in [5.41, 5.74) is 3.65. The van der Waals surface area contributed by atoms with Crippen LogP contribution in [0, 0.1) is 6.92 Å². The Balaban J connectivity index is 1.73. The maximum absolute atomic E-state index is 12.4. The highest BCUT2D eigenvalue weighted by Crippen LogP contribution is 2.27. The number of benzene rings is 2. The van der Waals surface area contributed by atoms with Crippen LogP contribution >= 0.6 is 11.3 Å². The first-order valence-electron chi connectivity index (χ1n) is 7.90. The Morgan fingerprint density at radius 1 is 1.07 bits per heavy atom. The number of methoxy groups -OCH3 is 1. The van der Waals surface area contributed by atoms with Gasteiger partial charge < -0.3 is 4.74 Å². The Hall–Kier alpha value is -2.75. The van der Waals surface area contributed by atoms with Gasteiger partial charge in [0.1, 0.15) is 15.6 Å². The number of hydrogen-bond donors (Lipinski definition) is 2. The largest absolute Gasteiger partial charge is 0.497 e. The molecule has 0 unspecified atom stereocenters. The highest BCUT2D eigenvalue weighted by molar-refractivity contribution is 7.89. The summed E-state index contributed by atoms with van der Waals surface area (Å²) in [5.74, 6) is -0.0315. The van der Waals surface area contributed by atoms with Crippen molar-refractivity contribution in [1.82, 2.24) is 15.2 Å². The minimum Gasteiger partial charge on any atom is -0.497 e. The van der Waals surface area contributed by atoms with Crippen LogP contribution < -0.4 is 15.0 Å². The van der Waals surface area contributed by atoms with Crippen molar-refractivity contribution < 1.29 is 17.9 Å². The van der Waals surface area contributed by atoms with Crippen molar-refractivity contribution in [2.75, 3.05) is 7.11 Å². The molecule has 0 radical (unpaired) electrons. The lowest BCUT2D eigenvalue weighted by Crippen LogP contribution is -2.41. The Bertz CT molecular complexity index is 1050. The van der Waals surface area contributed by atoms with Crippen LogP contribution in [0.5, 0.6) is 5.75 Å². The number of carbonyl (C=O) groups is 1. The van der Waals surface area contributed by atoms with Crippen molar-refractivity contribution in [2.24, 2.45) is 0 Å². The second kappa shape index (κ2) is 7.87. The van der Waals surface area contributed by atoms with Crippen molar-refractivity contribution in [3.63, 3.8) is 0 Å². The molecule has 0 spiro atoms. The number of aromatic nitrogens is 1. The Kier molecular flexibility index (Phi) is 5.54. The van der Waals surface area contributed by atoms with Gasteiger partial charge in [-0.25, -0.2) is 13.4 Å². The molecule has 1 amide bonds. The van der Waals surface area contributed by atoms with E-state index in [2.05, 4.69) is 15.2 Å². The standard InChI is InChI=1S/C18H17N3O4S2/c1-12-16(26-18(19-12)13-6-4-3-5-7-13)17(22)20-21-27(23,24)15-10-8-14(25-2)9-11-15/h3-11,21H,1-2H3,(H,20,22). The quantitative estimate of drug-likeness (QED) is 0.617. The van der Waals surface area contributed by atoms with Crippen LogP contribution in [0.25, 0.3) is 10.6 Å². The van der Waals surface area contributed by atoms with Gasteiger partial charge in [0.05, 0.1) is 17.7 Å². The maximum Gasteiger partial charge on any atom is 0.278 e. The smallest absolute Gasteiger partial charge is 0.278 e. The predicted molar refractivity (Wildman–Crippen MR) is 103 cm³/mol. The molecule has 140 valence electrons. The van der Waals surface area contributed by atoms with E-state index in [0.29, 0.717) is 21.3 Å². The van der Waals surface area contributed by atoms with Gasteiger partial charge in [-0.1, -0.05) is 30.3 Å². The number of carbonyl (C=O) groups excluding carboxylic acids is 1. The summed E-state index contributed by atoms with van der Waals surface area (Å²) in [6.07, 6.45) is 0. The third kappa shape index (κ3) is 4.33. The molecule has 0 saturated heterocycles. The highest BCUT2D eigenvalue weighted by atomic mass is 32.2. The zero-order valence-electron chi connectivity index (χ0n) is 14.6. The fraction of sp³-hybridized carbons (Fsp3) is 0.111. The Labute approximate surface area is 161 Å². The van der Waals surface area contributed by atoms with Gasteiger partial charge in [-0.05, 0) is 31.2 Å². The number of hydrazine groups is 1. The molecular weight excluding hydrogens is 386 g/mol. The summed E-state index contributed by atoms with van der Waals surface area (Å²) >= 11 is 1.20. The van der Waals surface area contributed by atoms with Crippen LogP contribution in [0.15, 0.2) is 59.5 Å². The van der Waals surface area contributed by atoms with Gasteiger partial charge in [0, 0.05) is 5.56 Å². The maximum atomic E-state index is 12.4. The molecule has 0 aliphatic carbocycles. The molecule has 0 aliphatic heterocycles. The number of amides is 1. The van der Waals surface area contributed by atoms with Gasteiger partial charge in [0.25, 0.3) is 15.9 Å². The fourth-order valence-corrected chi connectivity index (χ4v) is 4.10. The van der Waals surface area contributed by atoms with Gasteiger partial charge in [0.15, 0.2) is 0 Å². The van der Waals surface area contributed by atoms with E-state index in [-0.39, 0.29) is 4.90 Å². The lowest BCUT2D eigenvalue weighted by Gasteiger charge is -2.08. The van der Waals surface area contributed by atoms with Crippen molar-refractivity contribution in [1.29, 1.82) is 0 Å². The SMILES string of the molecule is COc1ccc(S(=O)(=O)NNC(=O)c2sc(-c3ccccc3)nc2C)cc1. The van der Waals surface area contributed by atoms with Crippen molar-refractivity contribution in [2.45, 2.75) is 11.8 Å². The minimum atomic E-state index is -3.90. The first-order valence-corrected chi connectivity index (χ1v) is 10.2. The molecule has 1 aromatic heterocycles. The van der Waals surface area contributed by atoms with Crippen molar-refractivity contribution in [3.8, 4) is 16.3 Å². The first-order chi connectivity index (χ1) is 12.9. The van der Waals surface area contributed by atoms with Gasteiger partial charge in [0.2, 0.25) is 0 Å². The summed E-state index contributed by atoms with van der Waals surface area (Å²) in [7, 11) is -2.41. The van der Waals surface area contributed by atoms with E-state index in [4.69, 9.17) is 4.74 Å². The number of sulfonamides is 1. The predicted octanol–water partition coefficient (Wildman–Crippen LogP) is 2.75. The number of ether oxygens (including phenoxy) is 1. The molecule has 0 saturated carbocycles. The van der Waals surface area contributed by atoms with Gasteiger partial charge in [-0.15, -0.1) is 16.2 Å². The van der Waals surface area contributed by atoms with Crippen molar-refractivity contribution in [3.05, 3.63) is 65.2 Å². The first kappa shape index (κ1) is 19.0. The number of nitrogens with one attached hydrogen (secondary N) is 2. The molecule has 2 N–H and O–H groups in total. The van der Waals surface area contributed by atoms with Crippen molar-refractivity contribution >= 4 is 27.3 Å². The third-order valence-electron chi connectivity index (χ3n) is 3.69. The molecule has 3 aromatic rings. The van der Waals surface area contributed by atoms with Crippen LogP contribution in [0.4, 0.5) is 0 Å². The topological polar surface area (TPSA) is 97.4 Å². The Morgan fingerprint density at radius 3 is 2.37 bits per heavy atom. The third-order valence-corrected chi connectivity index (χ3v) is 6.16. The number of nitrogens with zero attached hydrogens (tertiary/aromatic N) is 1. The summed E-state index contributed by atoms with van der Waals surface area (Å²) in [5, 5.41) is 0.691. The van der Waals surface area contributed by atoms with Gasteiger partial charge in [-0.3, -0.25) is 10.2 Å². The Morgan fingerprint density at radius 2 is 1.74 bits per heavy atom. The molecule has 0 atom stereocenters. The van der Waals surface area contributed by atoms with E-state index in [1.165, 1.54) is 42.7 Å². The number of rotatable bonds is 6. The van der Waals surface area contributed by atoms with Crippen LogP contribution in [0.2, 0.25) is 0 Å². The number of aryl methyl sites for hydroxylation is 1. The highest BCUT2D eigenvalue weighted by Gasteiger charge is 2.19. The molecule has 2 aromatic carbocycles. The zero-order valence-corrected chi connectivity index (χ0v) is 16.2. The van der Waals surface area contributed by atoms with Gasteiger partial charge >= 0.3 is 0 Å². The minimum absolute atomic E-state index is 0.00889. The van der Waals surface area contributed by atoms with Gasteiger partial charge in [-0.2, -0.15) is 0 Å². The molecule has 1 heterocycles. The summed E-state index contributed by atoms with van der Waals surface area (Å²) < 4.78 is 29.6. The van der Waals surface area contributed by atoms with Crippen LogP contribution in [-0.4, -0.2) is 26.4 Å². The summed E-state index contributed by atoms with van der Waals surface area (Å²) in [6.45, 7) is 1.70. The lowest BCUT2D eigenvalue weighted by molar-refractivity contribution is 0.0948. The molecule has 0 aliphatic rings. The molecule has 27 heavy (non-hydrogen) atoms. The van der Waals surface area contributed by atoms with E-state index < -0.39 is 15.9 Å². The zero-order chi connectivity index (χ0) is 19.4. The van der Waals surface area contributed by atoms with E-state index in [1.54, 1.807) is 6.92 Å². The lowest BCUT2D eigenvalue weighted by atomic mass is 10.2. The normalized spacial score (nSPS) is 11.2. The summed E-state index contributed by atoms with van der Waals surface area (Å²) in [6, 6.07) is 15.3. The monoisotopic (exact) mass is 403 g/mol. The number of hydrogen-bond acceptors (Lipinski definition) is 6. The molecule has 0 bridgehead atoms. The van der Waals surface area contributed by atoms with E-state index in [9.17, 15) is 13.2 Å². The molecule has 3 rings (SSSR count). The average molecular weight is 403 g/mol. The van der Waals surface area contributed by atoms with E-state index >= 15 is 0 Å². The van der Waals surface area contributed by atoms with Crippen LogP contribution in [-0.2, 0) is 10.0 Å². The molecule has 7 nitrogen and oxygen atoms in total. The molecule has 0 fully saturated rings. The van der Waals surface area contributed by atoms with Crippen LogP contribution in [0.1, 0.15) is 15.4 Å².